The number of hydrogen-bond acceptors (Lipinski definition) is 9. The van der Waals surface area contributed by atoms with Crippen LogP contribution in [-0.2, 0) is 19.6 Å². The summed E-state index contributed by atoms with van der Waals surface area (Å²) in [5.74, 6) is 3.20. The number of halogens is 2. The topological polar surface area (TPSA) is 142 Å². The van der Waals surface area contributed by atoms with Crippen LogP contribution in [0.3, 0.4) is 0 Å². The molecule has 1 saturated heterocycles. The first-order valence-electron chi connectivity index (χ1n) is 13.7. The Kier molecular flexibility index (Phi) is 10.6. The molecule has 13 heteroatoms. The van der Waals surface area contributed by atoms with Crippen LogP contribution in [0.5, 0.6) is 0 Å². The lowest BCUT2D eigenvalue weighted by Crippen LogP contribution is -2.38. The molecule has 1 aromatic carbocycles. The second-order valence-corrected chi connectivity index (χ2v) is 13.1. The molecule has 0 amide bonds. The highest BCUT2D eigenvalue weighted by Crippen LogP contribution is 2.29. The lowest BCUT2D eigenvalue weighted by Gasteiger charge is -2.31. The smallest absolute Gasteiger partial charge is 0.309 e. The third-order valence-corrected chi connectivity index (χ3v) is 8.05. The van der Waals surface area contributed by atoms with Crippen molar-refractivity contribution in [1.29, 1.82) is 5.41 Å². The molecule has 3 rings (SSSR count). The molecule has 1 aromatic heterocycles. The molecule has 4 N–H and O–H groups in total. The van der Waals surface area contributed by atoms with E-state index in [0.717, 1.165) is 48.6 Å². The summed E-state index contributed by atoms with van der Waals surface area (Å²) >= 11 is 0. The molecule has 1 atom stereocenters. The number of aromatic nitrogens is 1. The van der Waals surface area contributed by atoms with Crippen LogP contribution < -0.4 is 20.5 Å². The second-order valence-electron chi connectivity index (χ2n) is 11.2. The van der Waals surface area contributed by atoms with E-state index in [2.05, 4.69) is 14.6 Å². The van der Waals surface area contributed by atoms with Crippen molar-refractivity contribution in [1.82, 2.24) is 4.98 Å². The number of nitrogens with zero attached hydrogens (tertiary/aromatic N) is 3. The Morgan fingerprint density at radius 3 is 2.63 bits per heavy atom. The maximum atomic E-state index is 15.2. The number of hydrazine groups is 1. The minimum Gasteiger partial charge on any atom is -0.460 e. The van der Waals surface area contributed by atoms with E-state index >= 15 is 4.39 Å². The highest BCUT2D eigenvalue weighted by atomic mass is 32.2. The van der Waals surface area contributed by atoms with Gasteiger partial charge in [-0.2, -0.15) is 0 Å². The van der Waals surface area contributed by atoms with Gasteiger partial charge >= 0.3 is 5.97 Å². The van der Waals surface area contributed by atoms with E-state index in [-0.39, 0.29) is 29.9 Å². The first-order valence-corrected chi connectivity index (χ1v) is 15.4. The summed E-state index contributed by atoms with van der Waals surface area (Å²) in [5, 5.41) is 9.30. The minimum atomic E-state index is -3.82. The number of nitrogens with two attached hydrogens (primary N) is 1. The molecule has 226 valence electrons. The molecule has 1 aliphatic rings. The highest BCUT2D eigenvalue weighted by molar-refractivity contribution is 7.92. The quantitative estimate of drug-likeness (QED) is 0.157. The normalized spacial score (nSPS) is 16.5. The molecule has 10 nitrogen and oxygen atoms in total. The van der Waals surface area contributed by atoms with Gasteiger partial charge in [-0.1, -0.05) is 13.3 Å². The average molecular weight is 595 g/mol. The zero-order chi connectivity index (χ0) is 30.4. The Labute approximate surface area is 240 Å². The Bertz CT molecular complexity index is 1350. The van der Waals surface area contributed by atoms with Crippen molar-refractivity contribution in [3.63, 3.8) is 0 Å². The van der Waals surface area contributed by atoms with Gasteiger partial charge in [0.15, 0.2) is 11.6 Å². The number of sulfonamides is 1. The van der Waals surface area contributed by atoms with Gasteiger partial charge in [-0.15, -0.1) is 0 Å². The number of hydrogen-bond donors (Lipinski definition) is 3. The van der Waals surface area contributed by atoms with Crippen LogP contribution >= 0.6 is 0 Å². The molecule has 0 aliphatic carbocycles. The molecule has 0 bridgehead atoms. The van der Waals surface area contributed by atoms with Crippen LogP contribution in [0.15, 0.2) is 30.6 Å². The van der Waals surface area contributed by atoms with Gasteiger partial charge in [-0.25, -0.2) is 23.0 Å². The molecule has 2 heterocycles. The van der Waals surface area contributed by atoms with Crippen molar-refractivity contribution in [2.24, 2.45) is 11.8 Å². The lowest BCUT2D eigenvalue weighted by molar-refractivity contribution is -0.160. The summed E-state index contributed by atoms with van der Waals surface area (Å²) in [6.45, 7) is 8.19. The molecule has 41 heavy (non-hydrogen) atoms. The summed E-state index contributed by atoms with van der Waals surface area (Å²) in [6, 6.07) is 3.67. The molecule has 0 saturated carbocycles. The fraction of sp³-hybridized carbons (Fsp3) is 0.536. The molecule has 1 aliphatic heterocycles. The van der Waals surface area contributed by atoms with Crippen molar-refractivity contribution in [3.8, 4) is 0 Å². The summed E-state index contributed by atoms with van der Waals surface area (Å²) < 4.78 is 61.7. The summed E-state index contributed by atoms with van der Waals surface area (Å²) in [7, 11) is -3.82. The zero-order valence-electron chi connectivity index (χ0n) is 24.0. The Morgan fingerprint density at radius 2 is 1.95 bits per heavy atom. The van der Waals surface area contributed by atoms with Gasteiger partial charge in [-0.3, -0.25) is 19.5 Å². The van der Waals surface area contributed by atoms with E-state index in [0.29, 0.717) is 24.9 Å². The number of esters is 1. The van der Waals surface area contributed by atoms with Gasteiger partial charge in [0.2, 0.25) is 10.0 Å². The van der Waals surface area contributed by atoms with Gasteiger partial charge in [0.05, 0.1) is 41.5 Å². The molecule has 1 fully saturated rings. The summed E-state index contributed by atoms with van der Waals surface area (Å²) in [4.78, 5) is 19.0. The Hall–Kier alpha value is -3.32. The molecule has 0 radical (unpaired) electrons. The fourth-order valence-corrected chi connectivity index (χ4v) is 5.75. The van der Waals surface area contributed by atoms with Gasteiger partial charge in [0.25, 0.3) is 0 Å². The molecule has 0 spiro atoms. The van der Waals surface area contributed by atoms with Gasteiger partial charge in [-0.05, 0) is 64.7 Å². The Morgan fingerprint density at radius 1 is 1.22 bits per heavy atom. The Balaban J connectivity index is 1.73. The van der Waals surface area contributed by atoms with Crippen molar-refractivity contribution in [2.75, 3.05) is 40.0 Å². The summed E-state index contributed by atoms with van der Waals surface area (Å²) in [6.07, 6.45) is 6.59. The van der Waals surface area contributed by atoms with Crippen LogP contribution in [0.25, 0.3) is 0 Å². The minimum absolute atomic E-state index is 0.0451. The van der Waals surface area contributed by atoms with Crippen molar-refractivity contribution >= 4 is 38.8 Å². The highest BCUT2D eigenvalue weighted by Gasteiger charge is 2.27. The summed E-state index contributed by atoms with van der Waals surface area (Å²) in [5.41, 5.74) is -0.522. The molecule has 1 unspecified atom stereocenters. The molecular weight excluding hydrogens is 554 g/mol. The average Bonchev–Trinajstić information content (AvgIpc) is 2.84. The number of benzene rings is 1. The number of nitrogens with one attached hydrogen (secondary N) is 2. The maximum absolute atomic E-state index is 15.2. The number of anilines is 3. The second kappa shape index (κ2) is 13.6. The van der Waals surface area contributed by atoms with Crippen LogP contribution in [0.2, 0.25) is 0 Å². The van der Waals surface area contributed by atoms with Crippen molar-refractivity contribution in [2.45, 2.75) is 65.4 Å². The van der Waals surface area contributed by atoms with E-state index in [1.807, 2.05) is 20.8 Å². The van der Waals surface area contributed by atoms with Gasteiger partial charge in [0.1, 0.15) is 11.3 Å². The third kappa shape index (κ3) is 9.09. The standard InChI is InChI=1S/C28H40F2N6O4S/c1-5-14-41(38,39)34-24-10-9-22(29)26(25(24)30)36(32)18-23(31)20-15-21(17-33-16-20)35-12-7-6-8-19(11-13-35)27(37)40-28(2,3)4/h9-10,15-17,19,31,34H,5-8,11-14,18,32H2,1-4H3. The third-order valence-electron chi connectivity index (χ3n) is 6.58. The lowest BCUT2D eigenvalue weighted by atomic mass is 9.95. The van der Waals surface area contributed by atoms with E-state index < -0.39 is 38.6 Å². The SMILES string of the molecule is CCCS(=O)(=O)Nc1ccc(F)c(N(N)CC(=N)c2cncc(N3CCCCC(C(=O)OC(C)(C)C)CC3)c2)c1F. The van der Waals surface area contributed by atoms with E-state index in [4.69, 9.17) is 16.0 Å². The number of carbonyl (C=O) groups is 1. The number of ether oxygens (including phenoxy) is 1. The van der Waals surface area contributed by atoms with Crippen LogP contribution in [0.4, 0.5) is 25.8 Å². The van der Waals surface area contributed by atoms with E-state index in [9.17, 15) is 17.6 Å². The maximum Gasteiger partial charge on any atom is 0.309 e. The van der Waals surface area contributed by atoms with Crippen LogP contribution in [0.1, 0.15) is 65.4 Å². The first kappa shape index (κ1) is 32.2. The number of carbonyl (C=O) groups excluding carboxylic acids is 1. The molecule has 2 aromatic rings. The van der Waals surface area contributed by atoms with E-state index in [1.165, 1.54) is 6.20 Å². The molecular formula is C28H40F2N6O4S. The predicted molar refractivity (Wildman–Crippen MR) is 157 cm³/mol. The van der Waals surface area contributed by atoms with Gasteiger partial charge in [0, 0.05) is 24.8 Å². The number of rotatable bonds is 10. The zero-order valence-corrected chi connectivity index (χ0v) is 24.9. The first-order chi connectivity index (χ1) is 19.2. The van der Waals surface area contributed by atoms with Crippen molar-refractivity contribution in [3.05, 3.63) is 47.8 Å². The monoisotopic (exact) mass is 594 g/mol. The number of pyridine rings is 1. The predicted octanol–water partition coefficient (Wildman–Crippen LogP) is 4.60. The fourth-order valence-electron chi connectivity index (χ4n) is 4.62. The van der Waals surface area contributed by atoms with Crippen molar-refractivity contribution < 1.29 is 26.7 Å². The largest absolute Gasteiger partial charge is 0.460 e. The van der Waals surface area contributed by atoms with Gasteiger partial charge < -0.3 is 15.0 Å². The van der Waals surface area contributed by atoms with Crippen LogP contribution in [0, 0.1) is 23.0 Å². The van der Waals surface area contributed by atoms with Crippen LogP contribution in [-0.4, -0.2) is 56.1 Å². The van der Waals surface area contributed by atoms with E-state index in [1.54, 1.807) is 19.2 Å².